The first kappa shape index (κ1) is 24.0. The number of carbonyl (C=O) groups excluding carboxylic acids is 1. The molecule has 34 heavy (non-hydrogen) atoms. The summed E-state index contributed by atoms with van der Waals surface area (Å²) >= 11 is 0. The van der Waals surface area contributed by atoms with Gasteiger partial charge in [-0.3, -0.25) is 9.59 Å². The molecule has 1 aromatic carbocycles. The molecular formula is C24H30F2N4O4. The lowest BCUT2D eigenvalue weighted by Crippen LogP contribution is -2.53. The lowest BCUT2D eigenvalue weighted by molar-refractivity contribution is -0.142. The molecule has 1 aliphatic heterocycles. The topological polar surface area (TPSA) is 109 Å². The molecule has 8 nitrogen and oxygen atoms in total. The fourth-order valence-electron chi connectivity index (χ4n) is 4.69. The number of nitrogens with two attached hydrogens (primary N) is 1. The quantitative estimate of drug-likeness (QED) is 0.619. The number of amides is 1. The molecular weight excluding hydrogens is 446 g/mol. The van der Waals surface area contributed by atoms with Gasteiger partial charge < -0.3 is 25.2 Å². The van der Waals surface area contributed by atoms with Crippen molar-refractivity contribution in [3.63, 3.8) is 0 Å². The number of aromatic carboxylic acids is 1. The van der Waals surface area contributed by atoms with Crippen LogP contribution in [0.5, 0.6) is 0 Å². The summed E-state index contributed by atoms with van der Waals surface area (Å²) < 4.78 is 32.7. The van der Waals surface area contributed by atoms with Crippen LogP contribution < -0.4 is 16.1 Å². The monoisotopic (exact) mass is 476 g/mol. The van der Waals surface area contributed by atoms with Crippen LogP contribution in [0.4, 0.5) is 20.2 Å². The van der Waals surface area contributed by atoms with Gasteiger partial charge in [0, 0.05) is 43.8 Å². The molecule has 0 unspecified atom stereocenters. The van der Waals surface area contributed by atoms with E-state index < -0.39 is 45.1 Å². The number of fused-ring (bicyclic) bond motifs is 1. The standard InChI is InChI=1S/C24H30F2N4O4/c1-4-24(3,5-2)23(34)29-10-8-28(9-11-29)20-16(25)18(27)15-19(17(20)26)30(13-6-7-13)12-14(21(15)31)22(32)33/h12-13H,4-11,27H2,1-3H3,(H,32,33). The maximum Gasteiger partial charge on any atom is 0.341 e. The van der Waals surface area contributed by atoms with Crippen LogP contribution in [0, 0.1) is 17.0 Å². The first-order valence-electron chi connectivity index (χ1n) is 11.7. The minimum atomic E-state index is -1.47. The number of pyridine rings is 1. The molecule has 0 radical (unpaired) electrons. The van der Waals surface area contributed by atoms with Crippen molar-refractivity contribution in [3.05, 3.63) is 33.6 Å². The van der Waals surface area contributed by atoms with Crippen LogP contribution in [0.1, 0.15) is 62.9 Å². The minimum absolute atomic E-state index is 0.0277. The number of carbonyl (C=O) groups is 2. The molecule has 1 saturated carbocycles. The molecule has 0 bridgehead atoms. The smallest absolute Gasteiger partial charge is 0.341 e. The summed E-state index contributed by atoms with van der Waals surface area (Å²) in [6.07, 6.45) is 3.91. The fraction of sp³-hybridized carbons (Fsp3) is 0.542. The molecule has 0 spiro atoms. The van der Waals surface area contributed by atoms with Gasteiger partial charge in [0.15, 0.2) is 11.6 Å². The number of anilines is 2. The zero-order valence-corrected chi connectivity index (χ0v) is 19.7. The van der Waals surface area contributed by atoms with Crippen molar-refractivity contribution >= 4 is 34.2 Å². The maximum atomic E-state index is 15.9. The van der Waals surface area contributed by atoms with Gasteiger partial charge in [-0.25, -0.2) is 13.6 Å². The molecule has 3 N–H and O–H groups in total. The summed E-state index contributed by atoms with van der Waals surface area (Å²) in [5.74, 6) is -3.47. The van der Waals surface area contributed by atoms with Gasteiger partial charge in [-0.15, -0.1) is 0 Å². The number of aromatic nitrogens is 1. The Bertz CT molecular complexity index is 1230. The Morgan fingerprint density at radius 2 is 1.71 bits per heavy atom. The predicted octanol–water partition coefficient (Wildman–Crippen LogP) is 3.37. The van der Waals surface area contributed by atoms with Crippen LogP contribution >= 0.6 is 0 Å². The van der Waals surface area contributed by atoms with E-state index in [4.69, 9.17) is 5.73 Å². The molecule has 4 rings (SSSR count). The summed E-state index contributed by atoms with van der Waals surface area (Å²) in [7, 11) is 0. The molecule has 2 aromatic rings. The van der Waals surface area contributed by atoms with Crippen LogP contribution in [0.25, 0.3) is 10.9 Å². The van der Waals surface area contributed by atoms with Crippen LogP contribution in [-0.4, -0.2) is 52.6 Å². The Morgan fingerprint density at radius 3 is 2.21 bits per heavy atom. The van der Waals surface area contributed by atoms with Crippen LogP contribution in [0.15, 0.2) is 11.0 Å². The number of nitrogens with zero attached hydrogens (tertiary/aromatic N) is 3. The Hall–Kier alpha value is -3.17. The van der Waals surface area contributed by atoms with Crippen molar-refractivity contribution in [3.8, 4) is 0 Å². The fourth-order valence-corrected chi connectivity index (χ4v) is 4.69. The van der Waals surface area contributed by atoms with Crippen LogP contribution in [0.2, 0.25) is 0 Å². The summed E-state index contributed by atoms with van der Waals surface area (Å²) in [5, 5.41) is 8.98. The normalized spacial score (nSPS) is 16.9. The van der Waals surface area contributed by atoms with Crippen molar-refractivity contribution < 1.29 is 23.5 Å². The largest absolute Gasteiger partial charge is 0.477 e. The van der Waals surface area contributed by atoms with E-state index in [1.54, 1.807) is 4.90 Å². The second-order valence-corrected chi connectivity index (χ2v) is 9.48. The summed E-state index contributed by atoms with van der Waals surface area (Å²) in [6.45, 7) is 6.87. The molecule has 1 aromatic heterocycles. The lowest BCUT2D eigenvalue weighted by atomic mass is 9.83. The molecule has 2 aliphatic rings. The lowest BCUT2D eigenvalue weighted by Gasteiger charge is -2.40. The summed E-state index contributed by atoms with van der Waals surface area (Å²) in [5.41, 5.74) is 2.86. The highest BCUT2D eigenvalue weighted by Gasteiger charge is 2.37. The number of benzene rings is 1. The molecule has 1 amide bonds. The SMILES string of the molecule is CCC(C)(CC)C(=O)N1CCN(c2c(F)c(N)c3c(=O)c(C(=O)O)cn(C4CC4)c3c2F)CC1. The third-order valence-corrected chi connectivity index (χ3v) is 7.50. The highest BCUT2D eigenvalue weighted by molar-refractivity contribution is 5.99. The van der Waals surface area contributed by atoms with E-state index >= 15 is 8.78 Å². The first-order chi connectivity index (χ1) is 16.1. The Morgan fingerprint density at radius 1 is 1.12 bits per heavy atom. The zero-order chi connectivity index (χ0) is 24.9. The van der Waals surface area contributed by atoms with E-state index in [9.17, 15) is 19.5 Å². The van der Waals surface area contributed by atoms with E-state index in [0.29, 0.717) is 38.8 Å². The van der Waals surface area contributed by atoms with Gasteiger partial charge in [0.2, 0.25) is 11.3 Å². The van der Waals surface area contributed by atoms with Crippen molar-refractivity contribution in [2.24, 2.45) is 5.41 Å². The summed E-state index contributed by atoms with van der Waals surface area (Å²) in [6, 6.07) is -0.177. The predicted molar refractivity (Wildman–Crippen MR) is 125 cm³/mol. The number of hydrogen-bond acceptors (Lipinski definition) is 5. The Balaban J connectivity index is 1.76. The number of nitrogen functional groups attached to an aromatic ring is 1. The highest BCUT2D eigenvalue weighted by atomic mass is 19.1. The number of rotatable bonds is 6. The molecule has 10 heteroatoms. The zero-order valence-electron chi connectivity index (χ0n) is 19.7. The number of halogens is 2. The maximum absolute atomic E-state index is 15.9. The molecule has 0 atom stereocenters. The second kappa shape index (κ2) is 8.56. The molecule has 2 fully saturated rings. The van der Waals surface area contributed by atoms with Gasteiger partial charge in [0.25, 0.3) is 0 Å². The Kier molecular flexibility index (Phi) is 6.03. The first-order valence-corrected chi connectivity index (χ1v) is 11.7. The number of hydrogen-bond donors (Lipinski definition) is 2. The van der Waals surface area contributed by atoms with Gasteiger partial charge >= 0.3 is 5.97 Å². The minimum Gasteiger partial charge on any atom is -0.477 e. The third kappa shape index (κ3) is 3.69. The van der Waals surface area contributed by atoms with E-state index in [1.165, 1.54) is 9.47 Å². The van der Waals surface area contributed by atoms with E-state index in [1.807, 2.05) is 20.8 Å². The molecule has 184 valence electrons. The number of carboxylic acid groups (broad SMARTS) is 1. The number of piperazine rings is 1. The second-order valence-electron chi connectivity index (χ2n) is 9.48. The molecule has 2 heterocycles. The third-order valence-electron chi connectivity index (χ3n) is 7.50. The van der Waals surface area contributed by atoms with E-state index in [2.05, 4.69) is 0 Å². The highest BCUT2D eigenvalue weighted by Crippen LogP contribution is 2.42. The van der Waals surface area contributed by atoms with Gasteiger partial charge in [-0.1, -0.05) is 20.8 Å². The van der Waals surface area contributed by atoms with Gasteiger partial charge in [0.05, 0.1) is 16.6 Å². The summed E-state index contributed by atoms with van der Waals surface area (Å²) in [4.78, 5) is 40.6. The average molecular weight is 477 g/mol. The van der Waals surface area contributed by atoms with Crippen LogP contribution in [-0.2, 0) is 4.79 Å². The number of carboxylic acids is 1. The van der Waals surface area contributed by atoms with Crippen molar-refractivity contribution in [2.45, 2.75) is 52.5 Å². The Labute approximate surface area is 195 Å². The van der Waals surface area contributed by atoms with Gasteiger partial charge in [-0.2, -0.15) is 0 Å². The van der Waals surface area contributed by atoms with Gasteiger partial charge in [0.1, 0.15) is 11.3 Å². The molecule has 1 aliphatic carbocycles. The van der Waals surface area contributed by atoms with Crippen LogP contribution in [0.3, 0.4) is 0 Å². The van der Waals surface area contributed by atoms with Crippen molar-refractivity contribution in [2.75, 3.05) is 36.8 Å². The van der Waals surface area contributed by atoms with Gasteiger partial charge in [-0.05, 0) is 25.7 Å². The van der Waals surface area contributed by atoms with E-state index in [0.717, 1.165) is 6.20 Å². The molecule has 1 saturated heterocycles. The average Bonchev–Trinajstić information content (AvgIpc) is 3.67. The van der Waals surface area contributed by atoms with E-state index in [-0.39, 0.29) is 36.2 Å². The van der Waals surface area contributed by atoms with Crippen molar-refractivity contribution in [1.82, 2.24) is 9.47 Å². The van der Waals surface area contributed by atoms with Crippen molar-refractivity contribution in [1.29, 1.82) is 0 Å².